The van der Waals surface area contributed by atoms with Gasteiger partial charge in [-0.25, -0.2) is 0 Å². The van der Waals surface area contributed by atoms with Crippen molar-refractivity contribution in [3.63, 3.8) is 0 Å². The van der Waals surface area contributed by atoms with Gasteiger partial charge in [0.25, 0.3) is 5.91 Å². The van der Waals surface area contributed by atoms with E-state index in [2.05, 4.69) is 35.3 Å². The summed E-state index contributed by atoms with van der Waals surface area (Å²) >= 11 is 0. The molecule has 0 bridgehead atoms. The molecule has 0 saturated carbocycles. The van der Waals surface area contributed by atoms with Crippen LogP contribution >= 0.6 is 0 Å². The van der Waals surface area contributed by atoms with Gasteiger partial charge in [-0.15, -0.1) is 0 Å². The van der Waals surface area contributed by atoms with Gasteiger partial charge in [0.1, 0.15) is 0 Å². The number of rotatable bonds is 4. The van der Waals surface area contributed by atoms with E-state index in [1.807, 2.05) is 65.8 Å². The van der Waals surface area contributed by atoms with Crippen molar-refractivity contribution in [2.45, 2.75) is 6.42 Å². The van der Waals surface area contributed by atoms with Crippen LogP contribution in [0.2, 0.25) is 0 Å². The molecule has 1 saturated heterocycles. The quantitative estimate of drug-likeness (QED) is 0.452. The molecule has 0 radical (unpaired) electrons. The van der Waals surface area contributed by atoms with Crippen molar-refractivity contribution in [1.82, 2.24) is 9.88 Å². The molecular weight excluding hydrogens is 396 g/mol. The summed E-state index contributed by atoms with van der Waals surface area (Å²) in [6.07, 6.45) is 4.61. The van der Waals surface area contributed by atoms with Crippen molar-refractivity contribution < 1.29 is 9.53 Å². The molecule has 0 aliphatic carbocycles. The molecular formula is C28H26N2O2. The number of fused-ring (bicyclic) bond motifs is 1. The minimum absolute atomic E-state index is 0.0690. The van der Waals surface area contributed by atoms with E-state index < -0.39 is 0 Å². The van der Waals surface area contributed by atoms with Gasteiger partial charge in [0, 0.05) is 42.4 Å². The molecule has 5 rings (SSSR count). The first-order valence-electron chi connectivity index (χ1n) is 11.1. The number of benzene rings is 3. The molecule has 0 spiro atoms. The third-order valence-corrected chi connectivity index (χ3v) is 6.15. The first-order chi connectivity index (χ1) is 15.8. The summed E-state index contributed by atoms with van der Waals surface area (Å²) in [5.74, 6) is 0.302. The number of amides is 1. The molecule has 1 atom stereocenters. The Labute approximate surface area is 188 Å². The van der Waals surface area contributed by atoms with Gasteiger partial charge in [0.2, 0.25) is 0 Å². The largest absolute Gasteiger partial charge is 0.379 e. The number of ether oxygens (including phenoxy) is 1. The molecule has 32 heavy (non-hydrogen) atoms. The summed E-state index contributed by atoms with van der Waals surface area (Å²) in [6, 6.07) is 26.4. The van der Waals surface area contributed by atoms with Gasteiger partial charge in [-0.05, 0) is 40.6 Å². The highest BCUT2D eigenvalue weighted by Gasteiger charge is 2.25. The summed E-state index contributed by atoms with van der Waals surface area (Å²) in [5.41, 5.74) is 4.03. The number of nitrogens with zero attached hydrogens (tertiary/aromatic N) is 2. The molecule has 2 heterocycles. The van der Waals surface area contributed by atoms with E-state index in [4.69, 9.17) is 4.74 Å². The second-order valence-corrected chi connectivity index (χ2v) is 8.32. The lowest BCUT2D eigenvalue weighted by Crippen LogP contribution is -2.36. The minimum atomic E-state index is 0.0690. The molecule has 160 valence electrons. The van der Waals surface area contributed by atoms with Gasteiger partial charge in [-0.3, -0.25) is 9.78 Å². The second-order valence-electron chi connectivity index (χ2n) is 8.32. The van der Waals surface area contributed by atoms with Gasteiger partial charge in [0.05, 0.1) is 13.2 Å². The first-order valence-corrected chi connectivity index (χ1v) is 11.1. The molecule has 1 fully saturated rings. The van der Waals surface area contributed by atoms with Gasteiger partial charge < -0.3 is 9.64 Å². The second kappa shape index (κ2) is 9.33. The molecule has 1 unspecified atom stereocenters. The third-order valence-electron chi connectivity index (χ3n) is 6.15. The van der Waals surface area contributed by atoms with Crippen LogP contribution in [-0.2, 0) is 11.2 Å². The Balaban J connectivity index is 1.40. The van der Waals surface area contributed by atoms with Crippen molar-refractivity contribution in [3.8, 4) is 11.1 Å². The Morgan fingerprint density at radius 2 is 1.81 bits per heavy atom. The first kappa shape index (κ1) is 20.4. The smallest absolute Gasteiger partial charge is 0.254 e. The molecule has 4 aromatic rings. The molecule has 1 aliphatic rings. The van der Waals surface area contributed by atoms with E-state index in [1.54, 1.807) is 0 Å². The Kier molecular flexibility index (Phi) is 5.95. The fourth-order valence-corrected chi connectivity index (χ4v) is 4.56. The van der Waals surface area contributed by atoms with Crippen LogP contribution in [0.4, 0.5) is 0 Å². The predicted molar refractivity (Wildman–Crippen MR) is 128 cm³/mol. The van der Waals surface area contributed by atoms with Crippen LogP contribution in [0, 0.1) is 5.92 Å². The number of pyridine rings is 1. The van der Waals surface area contributed by atoms with Crippen molar-refractivity contribution in [3.05, 3.63) is 102 Å². The number of hydrogen-bond acceptors (Lipinski definition) is 3. The molecule has 1 aliphatic heterocycles. The fourth-order valence-electron chi connectivity index (χ4n) is 4.56. The maximum Gasteiger partial charge on any atom is 0.254 e. The van der Waals surface area contributed by atoms with Crippen LogP contribution in [0.5, 0.6) is 0 Å². The summed E-state index contributed by atoms with van der Waals surface area (Å²) in [7, 11) is 0. The molecule has 3 aromatic carbocycles. The number of hydrogen-bond donors (Lipinski definition) is 0. The third kappa shape index (κ3) is 4.27. The van der Waals surface area contributed by atoms with E-state index >= 15 is 0 Å². The summed E-state index contributed by atoms with van der Waals surface area (Å²) < 4.78 is 5.91. The van der Waals surface area contributed by atoms with Crippen molar-refractivity contribution in [1.29, 1.82) is 0 Å². The van der Waals surface area contributed by atoms with Gasteiger partial charge >= 0.3 is 0 Å². The van der Waals surface area contributed by atoms with E-state index in [0.717, 1.165) is 23.1 Å². The monoisotopic (exact) mass is 422 g/mol. The van der Waals surface area contributed by atoms with Crippen LogP contribution in [0.15, 0.2) is 91.3 Å². The van der Waals surface area contributed by atoms with E-state index in [9.17, 15) is 4.79 Å². The topological polar surface area (TPSA) is 42.4 Å². The average Bonchev–Trinajstić information content (AvgIpc) is 3.10. The van der Waals surface area contributed by atoms with Crippen LogP contribution in [0.3, 0.4) is 0 Å². The zero-order valence-electron chi connectivity index (χ0n) is 18.0. The standard InChI is InChI=1S/C28H26N2O2/c31-28(26-12-5-4-11-25(26)22-7-2-1-3-8-22)30-15-16-32-20-21(19-30)17-24-10-6-9-23-13-14-29-18-27(23)24/h1-14,18,21H,15-17,19-20H2. The van der Waals surface area contributed by atoms with E-state index in [1.165, 1.54) is 16.3 Å². The molecule has 0 N–H and O–H groups in total. The van der Waals surface area contributed by atoms with E-state index in [0.29, 0.717) is 26.3 Å². The lowest BCUT2D eigenvalue weighted by molar-refractivity contribution is 0.0738. The Hall–Kier alpha value is -3.50. The molecule has 1 aromatic heterocycles. The molecule has 4 nitrogen and oxygen atoms in total. The normalized spacial score (nSPS) is 16.6. The van der Waals surface area contributed by atoms with Crippen molar-refractivity contribution in [2.75, 3.05) is 26.3 Å². The summed E-state index contributed by atoms with van der Waals surface area (Å²) in [6.45, 7) is 2.50. The van der Waals surface area contributed by atoms with Crippen molar-refractivity contribution >= 4 is 16.7 Å². The average molecular weight is 423 g/mol. The van der Waals surface area contributed by atoms with E-state index in [-0.39, 0.29) is 11.8 Å². The number of carbonyl (C=O) groups excluding carboxylic acids is 1. The Morgan fingerprint density at radius 1 is 0.969 bits per heavy atom. The highest BCUT2D eigenvalue weighted by Crippen LogP contribution is 2.26. The summed E-state index contributed by atoms with van der Waals surface area (Å²) in [5, 5.41) is 2.36. The van der Waals surface area contributed by atoms with Crippen LogP contribution in [0.25, 0.3) is 21.9 Å². The highest BCUT2D eigenvalue weighted by atomic mass is 16.5. The predicted octanol–water partition coefficient (Wildman–Crippen LogP) is 5.23. The van der Waals surface area contributed by atoms with Crippen LogP contribution in [0.1, 0.15) is 15.9 Å². The highest BCUT2D eigenvalue weighted by molar-refractivity contribution is 6.01. The van der Waals surface area contributed by atoms with Gasteiger partial charge in [-0.1, -0.05) is 66.7 Å². The SMILES string of the molecule is O=C(c1ccccc1-c1ccccc1)N1CCOCC(Cc2cccc3ccncc23)C1. The lowest BCUT2D eigenvalue weighted by atomic mass is 9.95. The van der Waals surface area contributed by atoms with Gasteiger partial charge in [-0.2, -0.15) is 0 Å². The fraction of sp³-hybridized carbons (Fsp3) is 0.214. The molecule has 1 amide bonds. The zero-order valence-corrected chi connectivity index (χ0v) is 18.0. The van der Waals surface area contributed by atoms with Crippen LogP contribution in [-0.4, -0.2) is 42.1 Å². The van der Waals surface area contributed by atoms with Crippen LogP contribution < -0.4 is 0 Å². The summed E-state index contributed by atoms with van der Waals surface area (Å²) in [4.78, 5) is 19.9. The Morgan fingerprint density at radius 3 is 2.72 bits per heavy atom. The Bertz CT molecular complexity index is 1220. The zero-order chi connectivity index (χ0) is 21.8. The number of aromatic nitrogens is 1. The lowest BCUT2D eigenvalue weighted by Gasteiger charge is -2.25. The molecule has 4 heteroatoms. The minimum Gasteiger partial charge on any atom is -0.379 e. The maximum absolute atomic E-state index is 13.6. The maximum atomic E-state index is 13.6. The number of carbonyl (C=O) groups is 1. The van der Waals surface area contributed by atoms with Crippen molar-refractivity contribution in [2.24, 2.45) is 5.92 Å². The van der Waals surface area contributed by atoms with Gasteiger partial charge in [0.15, 0.2) is 0 Å².